The first-order chi connectivity index (χ1) is 10.4. The first-order valence-corrected chi connectivity index (χ1v) is 5.72. The summed E-state index contributed by atoms with van der Waals surface area (Å²) < 4.78 is 71.7. The molecule has 0 bridgehead atoms. The molecule has 0 spiro atoms. The van der Waals surface area contributed by atoms with Crippen molar-refractivity contribution in [3.8, 4) is 0 Å². The van der Waals surface area contributed by atoms with Gasteiger partial charge in [-0.25, -0.2) is 26.6 Å². The molecule has 1 aromatic carbocycles. The highest BCUT2D eigenvalue weighted by Crippen LogP contribution is 2.27. The Morgan fingerprint density at radius 1 is 1.14 bits per heavy atom. The molecule has 2 rings (SSSR count). The van der Waals surface area contributed by atoms with Crippen LogP contribution < -0.4 is 5.32 Å². The Morgan fingerprint density at radius 3 is 2.23 bits per heavy atom. The predicted molar refractivity (Wildman–Crippen MR) is 63.4 cm³/mol. The van der Waals surface area contributed by atoms with Gasteiger partial charge in [0.25, 0.3) is 5.91 Å². The van der Waals surface area contributed by atoms with Gasteiger partial charge in [0.05, 0.1) is 0 Å². The largest absolute Gasteiger partial charge is 0.362 e. The van der Waals surface area contributed by atoms with Gasteiger partial charge >= 0.3 is 0 Å². The maximum atomic E-state index is 13.4. The lowest BCUT2D eigenvalue weighted by Gasteiger charge is -2.08. The molecule has 5 nitrogen and oxygen atoms in total. The smallest absolute Gasteiger partial charge is 0.276 e. The zero-order valence-corrected chi connectivity index (χ0v) is 11.0. The topological polar surface area (TPSA) is 56.1 Å². The number of nitrogens with one attached hydrogen (secondary N) is 1. The van der Waals surface area contributed by atoms with E-state index in [0.717, 1.165) is 0 Å². The van der Waals surface area contributed by atoms with Crippen LogP contribution in [0.25, 0.3) is 0 Å². The zero-order chi connectivity index (χ0) is 16.4. The standard InChI is InChI=1S/C12H8F5N3O2/c1-22-4-20-3-2-5(19-20)12(21)18-11-9(16)7(14)6(13)8(15)10(11)17/h2-3H,4H2,1H3,(H,18,21). The molecule has 0 aliphatic heterocycles. The van der Waals surface area contributed by atoms with Gasteiger partial charge in [-0.05, 0) is 6.07 Å². The molecule has 1 amide bonds. The number of halogens is 5. The lowest BCUT2D eigenvalue weighted by molar-refractivity contribution is 0.101. The maximum absolute atomic E-state index is 13.4. The Labute approximate surface area is 120 Å². The molecule has 0 fully saturated rings. The van der Waals surface area contributed by atoms with Crippen LogP contribution in [0.2, 0.25) is 0 Å². The van der Waals surface area contributed by atoms with Crippen molar-refractivity contribution in [1.82, 2.24) is 9.78 Å². The number of amides is 1. The highest BCUT2D eigenvalue weighted by Gasteiger charge is 2.27. The Bertz CT molecular complexity index is 703. The van der Waals surface area contributed by atoms with Crippen molar-refractivity contribution in [3.05, 3.63) is 47.0 Å². The fraction of sp³-hybridized carbons (Fsp3) is 0.167. The van der Waals surface area contributed by atoms with E-state index in [1.807, 2.05) is 0 Å². The van der Waals surface area contributed by atoms with Gasteiger partial charge in [0.15, 0.2) is 29.0 Å². The quantitative estimate of drug-likeness (QED) is 0.535. The molecule has 0 aliphatic rings. The summed E-state index contributed by atoms with van der Waals surface area (Å²) in [6, 6.07) is 1.18. The van der Waals surface area contributed by atoms with Crippen LogP contribution in [0.4, 0.5) is 27.6 Å². The van der Waals surface area contributed by atoms with E-state index in [4.69, 9.17) is 4.74 Å². The highest BCUT2D eigenvalue weighted by molar-refractivity contribution is 6.02. The average molecular weight is 321 g/mol. The Balaban J connectivity index is 2.32. The number of methoxy groups -OCH3 is 1. The van der Waals surface area contributed by atoms with Crippen LogP contribution in [-0.4, -0.2) is 22.8 Å². The molecule has 118 valence electrons. The third-order valence-corrected chi connectivity index (χ3v) is 2.58. The molecule has 1 aromatic heterocycles. The van der Waals surface area contributed by atoms with E-state index >= 15 is 0 Å². The summed E-state index contributed by atoms with van der Waals surface area (Å²) in [5.41, 5.74) is -1.73. The number of carbonyl (C=O) groups excluding carboxylic acids is 1. The zero-order valence-electron chi connectivity index (χ0n) is 11.0. The second-order valence-corrected chi connectivity index (χ2v) is 4.06. The molecule has 0 saturated heterocycles. The Kier molecular flexibility index (Phi) is 4.40. The van der Waals surface area contributed by atoms with Crippen molar-refractivity contribution in [2.45, 2.75) is 6.73 Å². The molecule has 0 unspecified atom stereocenters. The minimum absolute atomic E-state index is 0.00973. The van der Waals surface area contributed by atoms with E-state index in [1.54, 1.807) is 5.32 Å². The molecule has 0 saturated carbocycles. The summed E-state index contributed by atoms with van der Waals surface area (Å²) in [7, 11) is 1.37. The van der Waals surface area contributed by atoms with Gasteiger partial charge in [-0.3, -0.25) is 4.79 Å². The molecule has 10 heteroatoms. The lowest BCUT2D eigenvalue weighted by Crippen LogP contribution is -2.18. The van der Waals surface area contributed by atoms with Crippen molar-refractivity contribution >= 4 is 11.6 Å². The molecule has 1 N–H and O–H groups in total. The van der Waals surface area contributed by atoms with Gasteiger partial charge in [-0.2, -0.15) is 5.10 Å². The maximum Gasteiger partial charge on any atom is 0.276 e. The minimum atomic E-state index is -2.31. The van der Waals surface area contributed by atoms with E-state index in [1.165, 1.54) is 24.1 Å². The number of rotatable bonds is 4. The van der Waals surface area contributed by atoms with E-state index in [-0.39, 0.29) is 12.4 Å². The number of carbonyl (C=O) groups is 1. The van der Waals surface area contributed by atoms with Crippen LogP contribution >= 0.6 is 0 Å². The van der Waals surface area contributed by atoms with Crippen LogP contribution in [0.1, 0.15) is 10.5 Å². The molecule has 1 heterocycles. The summed E-state index contributed by atoms with van der Waals surface area (Å²) in [5, 5.41) is 5.30. The fourth-order valence-electron chi connectivity index (χ4n) is 1.58. The highest BCUT2D eigenvalue weighted by atomic mass is 19.2. The van der Waals surface area contributed by atoms with Crippen LogP contribution in [0, 0.1) is 29.1 Å². The van der Waals surface area contributed by atoms with Gasteiger partial charge in [-0.1, -0.05) is 0 Å². The number of ether oxygens (including phenoxy) is 1. The average Bonchev–Trinajstić information content (AvgIpc) is 2.96. The van der Waals surface area contributed by atoms with Crippen molar-refractivity contribution in [2.75, 3.05) is 12.4 Å². The molecule has 0 radical (unpaired) electrons. The van der Waals surface area contributed by atoms with E-state index < -0.39 is 40.7 Å². The minimum Gasteiger partial charge on any atom is -0.362 e. The summed E-state index contributed by atoms with van der Waals surface area (Å²) >= 11 is 0. The molecule has 2 aromatic rings. The molecule has 0 aliphatic carbocycles. The first kappa shape index (κ1) is 15.9. The molecular formula is C12H8F5N3O2. The lowest BCUT2D eigenvalue weighted by atomic mass is 10.2. The van der Waals surface area contributed by atoms with Crippen molar-refractivity contribution in [2.24, 2.45) is 0 Å². The first-order valence-electron chi connectivity index (χ1n) is 5.72. The summed E-state index contributed by atoms with van der Waals surface area (Å²) in [6.45, 7) is 0.00973. The second-order valence-electron chi connectivity index (χ2n) is 4.06. The summed E-state index contributed by atoms with van der Waals surface area (Å²) in [4.78, 5) is 11.7. The Morgan fingerprint density at radius 2 is 1.68 bits per heavy atom. The second kappa shape index (κ2) is 6.10. The number of hydrogen-bond acceptors (Lipinski definition) is 3. The molecule has 22 heavy (non-hydrogen) atoms. The molecular weight excluding hydrogens is 313 g/mol. The van der Waals surface area contributed by atoms with Crippen LogP contribution in [0.15, 0.2) is 12.3 Å². The van der Waals surface area contributed by atoms with Gasteiger partial charge in [-0.15, -0.1) is 0 Å². The number of benzene rings is 1. The monoisotopic (exact) mass is 321 g/mol. The summed E-state index contributed by atoms with van der Waals surface area (Å²) in [6.07, 6.45) is 1.33. The Hall–Kier alpha value is -2.49. The van der Waals surface area contributed by atoms with Gasteiger partial charge in [0.1, 0.15) is 12.4 Å². The van der Waals surface area contributed by atoms with Crippen molar-refractivity contribution in [3.63, 3.8) is 0 Å². The van der Waals surface area contributed by atoms with Gasteiger partial charge in [0.2, 0.25) is 5.82 Å². The van der Waals surface area contributed by atoms with E-state index in [2.05, 4.69) is 5.10 Å². The van der Waals surface area contributed by atoms with Crippen LogP contribution in [0.5, 0.6) is 0 Å². The SMILES string of the molecule is COCn1ccc(C(=O)Nc2c(F)c(F)c(F)c(F)c2F)n1. The van der Waals surface area contributed by atoms with E-state index in [9.17, 15) is 26.7 Å². The number of hydrogen-bond donors (Lipinski definition) is 1. The van der Waals surface area contributed by atoms with Crippen LogP contribution in [-0.2, 0) is 11.5 Å². The normalized spacial score (nSPS) is 10.8. The number of nitrogens with zero attached hydrogens (tertiary/aromatic N) is 2. The van der Waals surface area contributed by atoms with Crippen LogP contribution in [0.3, 0.4) is 0 Å². The number of anilines is 1. The summed E-state index contributed by atoms with van der Waals surface area (Å²) in [5.74, 6) is -12.0. The number of aromatic nitrogens is 2. The van der Waals surface area contributed by atoms with Crippen molar-refractivity contribution < 1.29 is 31.5 Å². The third kappa shape index (κ3) is 2.77. The van der Waals surface area contributed by atoms with Gasteiger partial charge in [0, 0.05) is 13.3 Å². The fourth-order valence-corrected chi connectivity index (χ4v) is 1.58. The van der Waals surface area contributed by atoms with E-state index in [0.29, 0.717) is 0 Å². The van der Waals surface area contributed by atoms with Crippen molar-refractivity contribution in [1.29, 1.82) is 0 Å². The van der Waals surface area contributed by atoms with Gasteiger partial charge < -0.3 is 10.1 Å². The molecule has 0 atom stereocenters. The third-order valence-electron chi connectivity index (χ3n) is 2.58. The predicted octanol–water partition coefficient (Wildman–Crippen LogP) is 2.43.